The van der Waals surface area contributed by atoms with Crippen molar-refractivity contribution in [1.29, 1.82) is 0 Å². The maximum atomic E-state index is 12.4. The van der Waals surface area contributed by atoms with Crippen LogP contribution in [0.5, 0.6) is 0 Å². The van der Waals surface area contributed by atoms with Gasteiger partial charge in [-0.15, -0.1) is 0 Å². The van der Waals surface area contributed by atoms with Gasteiger partial charge in [0.05, 0.1) is 10.6 Å². The molecular weight excluding hydrogens is 326 g/mol. The van der Waals surface area contributed by atoms with Gasteiger partial charge in [-0.05, 0) is 59.1 Å². The molecule has 2 aromatic rings. The predicted octanol–water partition coefficient (Wildman–Crippen LogP) is 3.87. The van der Waals surface area contributed by atoms with Crippen LogP contribution in [0.25, 0.3) is 0 Å². The molecule has 100 valence electrons. The van der Waals surface area contributed by atoms with E-state index in [1.54, 1.807) is 31.2 Å². The summed E-state index contributed by atoms with van der Waals surface area (Å²) in [4.78, 5) is 0.309. The highest BCUT2D eigenvalue weighted by atomic mass is 79.9. The minimum absolute atomic E-state index is 0.309. The molecule has 0 saturated heterocycles. The second-order valence-electron chi connectivity index (χ2n) is 4.35. The molecule has 2 rings (SSSR count). The van der Waals surface area contributed by atoms with Gasteiger partial charge in [-0.1, -0.05) is 24.3 Å². The zero-order valence-electron chi connectivity index (χ0n) is 10.6. The fourth-order valence-corrected chi connectivity index (χ4v) is 3.67. The van der Waals surface area contributed by atoms with Gasteiger partial charge in [0.15, 0.2) is 0 Å². The topological polar surface area (TPSA) is 46.2 Å². The third-order valence-electron chi connectivity index (χ3n) is 2.75. The molecule has 0 saturated carbocycles. The summed E-state index contributed by atoms with van der Waals surface area (Å²) >= 11 is 3.33. The average Bonchev–Trinajstić information content (AvgIpc) is 2.35. The lowest BCUT2D eigenvalue weighted by molar-refractivity contribution is 0.600. The Bertz CT molecular complexity index is 711. The van der Waals surface area contributed by atoms with Crippen LogP contribution in [0.3, 0.4) is 0 Å². The first-order valence-electron chi connectivity index (χ1n) is 5.75. The van der Waals surface area contributed by atoms with Gasteiger partial charge < -0.3 is 0 Å². The summed E-state index contributed by atoms with van der Waals surface area (Å²) in [7, 11) is -3.57. The Hall–Kier alpha value is -1.33. The van der Waals surface area contributed by atoms with E-state index in [9.17, 15) is 8.42 Å². The minimum Gasteiger partial charge on any atom is -0.278 e. The van der Waals surface area contributed by atoms with Gasteiger partial charge in [0.1, 0.15) is 0 Å². The van der Waals surface area contributed by atoms with Gasteiger partial charge in [-0.2, -0.15) is 0 Å². The largest absolute Gasteiger partial charge is 0.278 e. The number of hydrogen-bond donors (Lipinski definition) is 1. The Morgan fingerprint density at radius 2 is 1.74 bits per heavy atom. The highest BCUT2D eigenvalue weighted by molar-refractivity contribution is 9.10. The number of hydrogen-bond acceptors (Lipinski definition) is 2. The third kappa shape index (κ3) is 3.16. The molecule has 5 heteroatoms. The summed E-state index contributed by atoms with van der Waals surface area (Å²) in [5, 5.41) is 0. The van der Waals surface area contributed by atoms with Crippen molar-refractivity contribution >= 4 is 31.6 Å². The number of anilines is 1. The Morgan fingerprint density at radius 1 is 1.05 bits per heavy atom. The van der Waals surface area contributed by atoms with Gasteiger partial charge >= 0.3 is 0 Å². The van der Waals surface area contributed by atoms with Crippen LogP contribution in [0.1, 0.15) is 11.1 Å². The molecule has 0 radical (unpaired) electrons. The lowest BCUT2D eigenvalue weighted by Gasteiger charge is -2.12. The molecular formula is C14H14BrNO2S. The quantitative estimate of drug-likeness (QED) is 0.922. The van der Waals surface area contributed by atoms with Crippen molar-refractivity contribution in [3.63, 3.8) is 0 Å². The minimum atomic E-state index is -3.57. The fourth-order valence-electron chi connectivity index (χ4n) is 1.74. The van der Waals surface area contributed by atoms with Crippen molar-refractivity contribution in [3.05, 3.63) is 58.1 Å². The summed E-state index contributed by atoms with van der Waals surface area (Å²) in [6.45, 7) is 3.66. The van der Waals surface area contributed by atoms with Gasteiger partial charge in [0, 0.05) is 4.47 Å². The van der Waals surface area contributed by atoms with E-state index in [-0.39, 0.29) is 0 Å². The second kappa shape index (κ2) is 5.35. The molecule has 19 heavy (non-hydrogen) atoms. The monoisotopic (exact) mass is 339 g/mol. The van der Waals surface area contributed by atoms with Gasteiger partial charge in [-0.3, -0.25) is 4.72 Å². The molecule has 0 amide bonds. The van der Waals surface area contributed by atoms with Crippen molar-refractivity contribution in [2.75, 3.05) is 4.72 Å². The highest BCUT2D eigenvalue weighted by Gasteiger charge is 2.17. The molecule has 0 aliphatic rings. The Labute approximate surface area is 121 Å². The number of sulfonamides is 1. The smallest absolute Gasteiger partial charge is 0.262 e. The predicted molar refractivity (Wildman–Crippen MR) is 80.9 cm³/mol. The summed E-state index contributed by atoms with van der Waals surface area (Å²) in [6, 6.07) is 12.5. The van der Waals surface area contributed by atoms with Crippen molar-refractivity contribution < 1.29 is 8.42 Å². The van der Waals surface area contributed by atoms with Crippen LogP contribution < -0.4 is 4.72 Å². The highest BCUT2D eigenvalue weighted by Crippen LogP contribution is 2.25. The van der Waals surface area contributed by atoms with Crippen LogP contribution in [0, 0.1) is 13.8 Å². The molecule has 3 nitrogen and oxygen atoms in total. The normalized spacial score (nSPS) is 11.3. The van der Waals surface area contributed by atoms with Crippen LogP contribution in [0.15, 0.2) is 51.8 Å². The lowest BCUT2D eigenvalue weighted by Crippen LogP contribution is -2.14. The van der Waals surface area contributed by atoms with Crippen LogP contribution >= 0.6 is 15.9 Å². The first-order valence-corrected chi connectivity index (χ1v) is 8.02. The number of benzene rings is 2. The number of rotatable bonds is 3. The molecule has 0 aliphatic carbocycles. The average molecular weight is 340 g/mol. The molecule has 0 fully saturated rings. The van der Waals surface area contributed by atoms with Crippen LogP contribution in [0.2, 0.25) is 0 Å². The Balaban J connectivity index is 2.44. The Kier molecular flexibility index (Phi) is 3.96. The number of nitrogens with one attached hydrogen (secondary N) is 1. The van der Waals surface area contributed by atoms with E-state index < -0.39 is 10.0 Å². The molecule has 0 unspecified atom stereocenters. The van der Waals surface area contributed by atoms with Crippen molar-refractivity contribution in [2.45, 2.75) is 18.7 Å². The van der Waals surface area contributed by atoms with Crippen molar-refractivity contribution in [1.82, 2.24) is 0 Å². The molecule has 0 aromatic heterocycles. The zero-order valence-corrected chi connectivity index (χ0v) is 13.0. The maximum absolute atomic E-state index is 12.4. The summed E-state index contributed by atoms with van der Waals surface area (Å²) in [5.41, 5.74) is 2.17. The van der Waals surface area contributed by atoms with Gasteiger partial charge in [0.25, 0.3) is 10.0 Å². The summed E-state index contributed by atoms with van der Waals surface area (Å²) < 4.78 is 28.1. The number of halogens is 1. The van der Waals surface area contributed by atoms with Crippen LogP contribution in [0.4, 0.5) is 5.69 Å². The summed E-state index contributed by atoms with van der Waals surface area (Å²) in [6.07, 6.45) is 0. The number of para-hydroxylation sites is 1. The van der Waals surface area contributed by atoms with Crippen LogP contribution in [-0.2, 0) is 10.0 Å². The maximum Gasteiger partial charge on any atom is 0.262 e. The standard InChI is InChI=1S/C14H14BrNO2S/c1-10-7-8-11(2)14(9-10)19(17,18)16-13-6-4-3-5-12(13)15/h3-9,16H,1-2H3. The molecule has 0 bridgehead atoms. The van der Waals surface area contributed by atoms with E-state index in [0.717, 1.165) is 11.1 Å². The molecule has 0 heterocycles. The van der Waals surface area contributed by atoms with E-state index in [1.807, 2.05) is 25.1 Å². The zero-order chi connectivity index (χ0) is 14.0. The Morgan fingerprint density at radius 3 is 2.42 bits per heavy atom. The van der Waals surface area contributed by atoms with Crippen molar-refractivity contribution in [2.24, 2.45) is 0 Å². The van der Waals surface area contributed by atoms with Gasteiger partial charge in [0.2, 0.25) is 0 Å². The number of aryl methyl sites for hydroxylation is 2. The first kappa shape index (κ1) is 14.1. The van der Waals surface area contributed by atoms with Gasteiger partial charge in [-0.25, -0.2) is 8.42 Å². The van der Waals surface area contributed by atoms with Crippen LogP contribution in [-0.4, -0.2) is 8.42 Å². The van der Waals surface area contributed by atoms with E-state index in [0.29, 0.717) is 15.1 Å². The van der Waals surface area contributed by atoms with E-state index in [2.05, 4.69) is 20.7 Å². The molecule has 0 aliphatic heterocycles. The SMILES string of the molecule is Cc1ccc(C)c(S(=O)(=O)Nc2ccccc2Br)c1. The van der Waals surface area contributed by atoms with E-state index in [1.165, 1.54) is 0 Å². The molecule has 0 atom stereocenters. The molecule has 1 N–H and O–H groups in total. The second-order valence-corrected chi connectivity index (χ2v) is 6.86. The first-order chi connectivity index (χ1) is 8.90. The lowest BCUT2D eigenvalue weighted by atomic mass is 10.2. The fraction of sp³-hybridized carbons (Fsp3) is 0.143. The molecule has 0 spiro atoms. The summed E-state index contributed by atoms with van der Waals surface area (Å²) in [5.74, 6) is 0. The molecule has 2 aromatic carbocycles. The van der Waals surface area contributed by atoms with E-state index >= 15 is 0 Å². The van der Waals surface area contributed by atoms with E-state index in [4.69, 9.17) is 0 Å². The van der Waals surface area contributed by atoms with Crippen molar-refractivity contribution in [3.8, 4) is 0 Å². The third-order valence-corrected chi connectivity index (χ3v) is 4.95.